The van der Waals surface area contributed by atoms with Crippen molar-refractivity contribution in [2.24, 2.45) is 0 Å². The molecule has 0 aromatic carbocycles. The second-order valence-corrected chi connectivity index (χ2v) is 3.86. The summed E-state index contributed by atoms with van der Waals surface area (Å²) in [6, 6.07) is 3.59. The van der Waals surface area contributed by atoms with Crippen LogP contribution in [-0.2, 0) is 0 Å². The van der Waals surface area contributed by atoms with Gasteiger partial charge >= 0.3 is 0 Å². The van der Waals surface area contributed by atoms with Crippen molar-refractivity contribution in [3.63, 3.8) is 0 Å². The lowest BCUT2D eigenvalue weighted by molar-refractivity contribution is 0.957. The van der Waals surface area contributed by atoms with Gasteiger partial charge in [-0.3, -0.25) is 4.98 Å². The molecule has 0 atom stereocenters. The van der Waals surface area contributed by atoms with Gasteiger partial charge in [0.15, 0.2) is 5.01 Å². The van der Waals surface area contributed by atoms with Crippen LogP contribution in [0.15, 0.2) is 24.7 Å². The molecule has 3 aromatic heterocycles. The number of hydrogen-bond donors (Lipinski definition) is 1. The Hall–Kier alpha value is -2.02. The van der Waals surface area contributed by atoms with Gasteiger partial charge in [0.1, 0.15) is 12.0 Å². The average Bonchev–Trinajstić information content (AvgIpc) is 2.77. The smallest absolute Gasteiger partial charge is 0.234 e. The SMILES string of the molecule is Nc1cccnc1-c1nn2cnnc2s1. The third-order valence-electron chi connectivity index (χ3n) is 1.93. The van der Waals surface area contributed by atoms with Gasteiger partial charge < -0.3 is 5.73 Å². The molecular weight excluding hydrogens is 212 g/mol. The Morgan fingerprint density at radius 2 is 2.33 bits per heavy atom. The normalized spacial score (nSPS) is 10.9. The van der Waals surface area contributed by atoms with Crippen molar-refractivity contribution in [2.45, 2.75) is 0 Å². The van der Waals surface area contributed by atoms with E-state index in [1.54, 1.807) is 29.2 Å². The Bertz CT molecular complexity index is 584. The van der Waals surface area contributed by atoms with Crippen LogP contribution in [0.5, 0.6) is 0 Å². The van der Waals surface area contributed by atoms with Crippen molar-refractivity contribution in [3.8, 4) is 10.7 Å². The number of pyridine rings is 1. The van der Waals surface area contributed by atoms with Crippen LogP contribution >= 0.6 is 11.3 Å². The van der Waals surface area contributed by atoms with E-state index >= 15 is 0 Å². The fourth-order valence-electron chi connectivity index (χ4n) is 1.25. The molecule has 7 heteroatoms. The maximum Gasteiger partial charge on any atom is 0.234 e. The fourth-order valence-corrected chi connectivity index (χ4v) is 2.09. The second-order valence-electron chi connectivity index (χ2n) is 2.91. The van der Waals surface area contributed by atoms with E-state index in [0.717, 1.165) is 9.97 Å². The number of hydrogen-bond acceptors (Lipinski definition) is 6. The molecule has 0 saturated carbocycles. The highest BCUT2D eigenvalue weighted by Crippen LogP contribution is 2.26. The van der Waals surface area contributed by atoms with Crippen molar-refractivity contribution >= 4 is 22.0 Å². The topological polar surface area (TPSA) is 82.0 Å². The zero-order valence-corrected chi connectivity index (χ0v) is 8.35. The summed E-state index contributed by atoms with van der Waals surface area (Å²) in [6.45, 7) is 0. The van der Waals surface area contributed by atoms with E-state index in [1.165, 1.54) is 11.3 Å². The zero-order valence-electron chi connectivity index (χ0n) is 7.53. The van der Waals surface area contributed by atoms with E-state index in [9.17, 15) is 0 Å². The maximum atomic E-state index is 5.80. The summed E-state index contributed by atoms with van der Waals surface area (Å²) >= 11 is 1.41. The van der Waals surface area contributed by atoms with E-state index < -0.39 is 0 Å². The molecule has 3 heterocycles. The highest BCUT2D eigenvalue weighted by molar-refractivity contribution is 7.19. The van der Waals surface area contributed by atoms with Gasteiger partial charge in [-0.15, -0.1) is 10.2 Å². The molecule has 15 heavy (non-hydrogen) atoms. The van der Waals surface area contributed by atoms with E-state index in [2.05, 4.69) is 20.3 Å². The van der Waals surface area contributed by atoms with Gasteiger partial charge in [-0.1, -0.05) is 11.3 Å². The number of aromatic nitrogens is 5. The van der Waals surface area contributed by atoms with Crippen LogP contribution in [0, 0.1) is 0 Å². The van der Waals surface area contributed by atoms with Crippen LogP contribution in [0.25, 0.3) is 15.7 Å². The summed E-state index contributed by atoms with van der Waals surface area (Å²) in [4.78, 5) is 4.92. The predicted octanol–water partition coefficient (Wildman–Crippen LogP) is 0.830. The number of nitrogens with two attached hydrogens (primary N) is 1. The Morgan fingerprint density at radius 1 is 1.40 bits per heavy atom. The molecule has 0 fully saturated rings. The molecule has 0 bridgehead atoms. The largest absolute Gasteiger partial charge is 0.397 e. The van der Waals surface area contributed by atoms with E-state index in [0.29, 0.717) is 11.4 Å². The van der Waals surface area contributed by atoms with E-state index in [4.69, 9.17) is 5.73 Å². The molecule has 0 amide bonds. The molecule has 6 nitrogen and oxygen atoms in total. The van der Waals surface area contributed by atoms with Crippen LogP contribution in [-0.4, -0.2) is 24.8 Å². The summed E-state index contributed by atoms with van der Waals surface area (Å²) in [7, 11) is 0. The summed E-state index contributed by atoms with van der Waals surface area (Å²) in [5.74, 6) is 0. The lowest BCUT2D eigenvalue weighted by Gasteiger charge is -1.97. The molecule has 0 aliphatic heterocycles. The van der Waals surface area contributed by atoms with Gasteiger partial charge in [-0.2, -0.15) is 9.61 Å². The first-order valence-electron chi connectivity index (χ1n) is 4.22. The minimum atomic E-state index is 0.613. The number of nitrogen functional groups attached to an aromatic ring is 1. The number of nitrogens with zero attached hydrogens (tertiary/aromatic N) is 5. The van der Waals surface area contributed by atoms with Gasteiger partial charge in [0.2, 0.25) is 4.96 Å². The second kappa shape index (κ2) is 2.99. The Kier molecular flexibility index (Phi) is 1.65. The fraction of sp³-hybridized carbons (Fsp3) is 0. The highest BCUT2D eigenvalue weighted by atomic mass is 32.1. The van der Waals surface area contributed by atoms with Crippen molar-refractivity contribution in [1.29, 1.82) is 0 Å². The van der Waals surface area contributed by atoms with E-state index in [-0.39, 0.29) is 0 Å². The van der Waals surface area contributed by atoms with Crippen molar-refractivity contribution in [1.82, 2.24) is 24.8 Å². The summed E-state index contributed by atoms with van der Waals surface area (Å²) in [6.07, 6.45) is 3.24. The molecule has 3 aromatic rings. The first kappa shape index (κ1) is 8.30. The molecular formula is C8H6N6S. The molecule has 0 aliphatic rings. The number of fused-ring (bicyclic) bond motifs is 1. The Morgan fingerprint density at radius 3 is 3.13 bits per heavy atom. The minimum Gasteiger partial charge on any atom is -0.397 e. The molecule has 0 unspecified atom stereocenters. The lowest BCUT2D eigenvalue weighted by atomic mass is 10.3. The summed E-state index contributed by atoms with van der Waals surface area (Å²) in [5, 5.41) is 12.6. The standard InChI is InChI=1S/C8H6N6S/c9-5-2-1-3-10-6(5)7-13-14-4-11-12-8(14)15-7/h1-4H,9H2. The molecule has 3 rings (SSSR count). The number of anilines is 1. The zero-order chi connectivity index (χ0) is 10.3. The molecule has 0 radical (unpaired) electrons. The van der Waals surface area contributed by atoms with E-state index in [1.807, 2.05) is 0 Å². The van der Waals surface area contributed by atoms with Gasteiger partial charge in [0.25, 0.3) is 0 Å². The lowest BCUT2D eigenvalue weighted by Crippen LogP contribution is -1.92. The van der Waals surface area contributed by atoms with Crippen molar-refractivity contribution in [3.05, 3.63) is 24.7 Å². The summed E-state index contributed by atoms with van der Waals surface area (Å²) < 4.78 is 1.61. The van der Waals surface area contributed by atoms with Gasteiger partial charge in [-0.25, -0.2) is 0 Å². The predicted molar refractivity (Wildman–Crippen MR) is 56.3 cm³/mol. The molecule has 0 aliphatic carbocycles. The van der Waals surface area contributed by atoms with Gasteiger partial charge in [-0.05, 0) is 12.1 Å². The molecule has 0 saturated heterocycles. The number of rotatable bonds is 1. The van der Waals surface area contributed by atoms with Crippen molar-refractivity contribution in [2.75, 3.05) is 5.73 Å². The first-order valence-corrected chi connectivity index (χ1v) is 5.04. The third-order valence-corrected chi connectivity index (χ3v) is 2.85. The van der Waals surface area contributed by atoms with Gasteiger partial charge in [0, 0.05) is 6.20 Å². The summed E-state index contributed by atoms with van der Waals surface area (Å²) in [5.41, 5.74) is 7.10. The van der Waals surface area contributed by atoms with Gasteiger partial charge in [0.05, 0.1) is 5.69 Å². The first-order chi connectivity index (χ1) is 7.34. The average molecular weight is 218 g/mol. The van der Waals surface area contributed by atoms with Crippen LogP contribution in [0.1, 0.15) is 0 Å². The molecule has 74 valence electrons. The Labute approximate surface area is 88.4 Å². The van der Waals surface area contributed by atoms with Crippen LogP contribution < -0.4 is 5.73 Å². The molecule has 2 N–H and O–H groups in total. The monoisotopic (exact) mass is 218 g/mol. The quantitative estimate of drug-likeness (QED) is 0.654. The highest BCUT2D eigenvalue weighted by Gasteiger charge is 2.10. The van der Waals surface area contributed by atoms with Crippen LogP contribution in [0.3, 0.4) is 0 Å². The Balaban J connectivity index is 2.22. The third kappa shape index (κ3) is 1.24. The molecule has 0 spiro atoms. The van der Waals surface area contributed by atoms with Crippen LogP contribution in [0.2, 0.25) is 0 Å². The van der Waals surface area contributed by atoms with Crippen molar-refractivity contribution < 1.29 is 0 Å². The van der Waals surface area contributed by atoms with Crippen LogP contribution in [0.4, 0.5) is 5.69 Å². The minimum absolute atomic E-state index is 0.613. The maximum absolute atomic E-state index is 5.80.